The van der Waals surface area contributed by atoms with Crippen LogP contribution >= 0.6 is 23.8 Å². The number of fused-ring (bicyclic) bond motifs is 1. The van der Waals surface area contributed by atoms with Crippen molar-refractivity contribution in [2.24, 2.45) is 0 Å². The molecule has 0 aromatic heterocycles. The first-order valence-corrected chi connectivity index (χ1v) is 8.63. The summed E-state index contributed by atoms with van der Waals surface area (Å²) < 4.78 is 33.0. The summed E-state index contributed by atoms with van der Waals surface area (Å²) in [6.07, 6.45) is 0.494. The number of nitrogens with one attached hydrogen (secondary N) is 1. The van der Waals surface area contributed by atoms with Gasteiger partial charge in [-0.2, -0.15) is 0 Å². The molecule has 0 radical (unpaired) electrons. The van der Waals surface area contributed by atoms with Crippen molar-refractivity contribution in [1.82, 2.24) is 10.4 Å². The normalized spacial score (nSPS) is 15.6. The molecule has 1 atom stereocenters. The van der Waals surface area contributed by atoms with Crippen LogP contribution in [-0.2, 0) is 4.79 Å². The maximum Gasteiger partial charge on any atom is 0.238 e. The Morgan fingerprint density at radius 2 is 2.08 bits per heavy atom. The lowest BCUT2D eigenvalue weighted by Gasteiger charge is -2.35. The molecule has 2 aromatic carbocycles. The summed E-state index contributed by atoms with van der Waals surface area (Å²) in [4.78, 5) is 12.1. The number of ether oxygens (including phenoxy) is 1. The van der Waals surface area contributed by atoms with E-state index in [4.69, 9.17) is 28.6 Å². The minimum Gasteiger partial charge on any atom is -0.493 e. The highest BCUT2D eigenvalue weighted by molar-refractivity contribution is 7.80. The largest absolute Gasteiger partial charge is 0.493 e. The van der Waals surface area contributed by atoms with Crippen molar-refractivity contribution in [3.05, 3.63) is 64.2 Å². The molecule has 0 saturated heterocycles. The molecule has 1 unspecified atom stereocenters. The molecule has 1 amide bonds. The van der Waals surface area contributed by atoms with Crippen molar-refractivity contribution < 1.29 is 18.3 Å². The Labute approximate surface area is 159 Å². The van der Waals surface area contributed by atoms with Gasteiger partial charge in [-0.05, 0) is 36.4 Å². The quantitative estimate of drug-likeness (QED) is 0.611. The average Bonchev–Trinajstić information content (AvgIpc) is 2.61. The number of carbonyl (C=O) groups excluding carboxylic acids is 1. The molecule has 2 aromatic rings. The van der Waals surface area contributed by atoms with E-state index in [-0.39, 0.29) is 16.5 Å². The van der Waals surface area contributed by atoms with Crippen LogP contribution in [0.1, 0.15) is 30.5 Å². The summed E-state index contributed by atoms with van der Waals surface area (Å²) in [6.45, 7) is 1.75. The second-order valence-electron chi connectivity index (χ2n) is 5.79. The van der Waals surface area contributed by atoms with Crippen molar-refractivity contribution in [2.45, 2.75) is 19.4 Å². The number of hydrazine groups is 1. The lowest BCUT2D eigenvalue weighted by atomic mass is 10.00. The van der Waals surface area contributed by atoms with Crippen molar-refractivity contribution in [1.29, 1.82) is 0 Å². The fraction of sp³-hybridized carbons (Fsp3) is 0.222. The van der Waals surface area contributed by atoms with E-state index in [0.29, 0.717) is 29.4 Å². The second-order valence-corrected chi connectivity index (χ2v) is 6.63. The van der Waals surface area contributed by atoms with E-state index in [0.717, 1.165) is 18.2 Å². The minimum absolute atomic E-state index is 0.0905. The smallest absolute Gasteiger partial charge is 0.238 e. The zero-order valence-corrected chi connectivity index (χ0v) is 15.3. The highest BCUT2D eigenvalue weighted by atomic mass is 35.5. The maximum absolute atomic E-state index is 14.0. The fourth-order valence-electron chi connectivity index (χ4n) is 2.83. The van der Waals surface area contributed by atoms with Gasteiger partial charge in [0.1, 0.15) is 22.4 Å². The van der Waals surface area contributed by atoms with Crippen molar-refractivity contribution >= 4 is 34.7 Å². The van der Waals surface area contributed by atoms with Gasteiger partial charge in [-0.25, -0.2) is 13.8 Å². The van der Waals surface area contributed by atoms with E-state index in [1.54, 1.807) is 18.2 Å². The average molecular weight is 397 g/mol. The van der Waals surface area contributed by atoms with E-state index in [9.17, 15) is 13.6 Å². The van der Waals surface area contributed by atoms with Gasteiger partial charge in [0.25, 0.3) is 0 Å². The predicted molar refractivity (Wildman–Crippen MR) is 98.0 cm³/mol. The first kappa shape index (κ1) is 18.5. The molecule has 26 heavy (non-hydrogen) atoms. The third kappa shape index (κ3) is 3.78. The van der Waals surface area contributed by atoms with Gasteiger partial charge in [-0.1, -0.05) is 23.8 Å². The standard InChI is InChI=1S/C18H15ClF2N2O2S/c1-10(24)23(22-18(26)13-9-12(20)3-4-15(13)21)16-6-7-25-17-5-2-11(19)8-14(16)17/h2-5,8-9,16H,6-7H2,1H3,(H,22,26). The zero-order valence-electron chi connectivity index (χ0n) is 13.8. The van der Waals surface area contributed by atoms with E-state index < -0.39 is 17.7 Å². The Balaban J connectivity index is 1.92. The summed E-state index contributed by atoms with van der Waals surface area (Å²) in [5.74, 6) is -1.02. The molecule has 0 bridgehead atoms. The Hall–Kier alpha value is -2.25. The molecule has 0 spiro atoms. The van der Waals surface area contributed by atoms with Gasteiger partial charge in [-0.15, -0.1) is 0 Å². The second kappa shape index (κ2) is 7.55. The van der Waals surface area contributed by atoms with Crippen molar-refractivity contribution in [3.63, 3.8) is 0 Å². The highest BCUT2D eigenvalue weighted by Gasteiger charge is 2.30. The Morgan fingerprint density at radius 3 is 2.81 bits per heavy atom. The number of nitrogens with zero attached hydrogens (tertiary/aromatic N) is 1. The van der Waals surface area contributed by atoms with Gasteiger partial charge in [-0.3, -0.25) is 10.2 Å². The molecule has 8 heteroatoms. The number of halogens is 3. The lowest BCUT2D eigenvalue weighted by molar-refractivity contribution is -0.134. The zero-order chi connectivity index (χ0) is 18.8. The first-order valence-electron chi connectivity index (χ1n) is 7.85. The monoisotopic (exact) mass is 396 g/mol. The molecule has 1 aliphatic heterocycles. The summed E-state index contributed by atoms with van der Waals surface area (Å²) >= 11 is 11.3. The third-order valence-electron chi connectivity index (χ3n) is 4.03. The van der Waals surface area contributed by atoms with Gasteiger partial charge in [0.2, 0.25) is 5.91 Å². The fourth-order valence-corrected chi connectivity index (χ4v) is 3.27. The topological polar surface area (TPSA) is 41.6 Å². The summed E-state index contributed by atoms with van der Waals surface area (Å²) in [5, 5.41) is 1.80. The van der Waals surface area contributed by atoms with E-state index in [1.165, 1.54) is 11.9 Å². The number of rotatable bonds is 2. The summed E-state index contributed by atoms with van der Waals surface area (Å²) in [5.41, 5.74) is 3.34. The Morgan fingerprint density at radius 1 is 1.31 bits per heavy atom. The molecular formula is C18H15ClF2N2O2S. The number of hydrogen-bond acceptors (Lipinski definition) is 3. The molecule has 0 saturated carbocycles. The van der Waals surface area contributed by atoms with E-state index in [2.05, 4.69) is 5.43 Å². The van der Waals surface area contributed by atoms with Crippen LogP contribution in [0.5, 0.6) is 5.75 Å². The molecule has 4 nitrogen and oxygen atoms in total. The van der Waals surface area contributed by atoms with Crippen molar-refractivity contribution in [3.8, 4) is 5.75 Å². The van der Waals surface area contributed by atoms with Gasteiger partial charge in [0.05, 0.1) is 12.6 Å². The molecule has 136 valence electrons. The molecule has 3 rings (SSSR count). The number of thiocarbonyl (C=S) groups is 1. The maximum atomic E-state index is 14.0. The van der Waals surface area contributed by atoms with Gasteiger partial charge in [0, 0.05) is 29.5 Å². The third-order valence-corrected chi connectivity index (χ3v) is 4.57. The molecular weight excluding hydrogens is 382 g/mol. The molecule has 0 aliphatic carbocycles. The number of benzene rings is 2. The number of carbonyl (C=O) groups is 1. The SMILES string of the molecule is CC(=O)N(NC(=S)c1cc(F)ccc1F)C1CCOc2ccc(Cl)cc21. The van der Waals surface area contributed by atoms with E-state index >= 15 is 0 Å². The Kier molecular flexibility index (Phi) is 5.38. The predicted octanol–water partition coefficient (Wildman–Crippen LogP) is 4.17. The van der Waals surface area contributed by atoms with Crippen LogP contribution < -0.4 is 10.2 Å². The number of hydrogen-bond donors (Lipinski definition) is 1. The molecule has 0 fully saturated rings. The van der Waals surface area contributed by atoms with Crippen LogP contribution in [0.3, 0.4) is 0 Å². The van der Waals surface area contributed by atoms with Crippen LogP contribution in [0.25, 0.3) is 0 Å². The Bertz CT molecular complexity index is 878. The van der Waals surface area contributed by atoms with Gasteiger partial charge < -0.3 is 4.74 Å². The van der Waals surface area contributed by atoms with Crippen LogP contribution in [-0.4, -0.2) is 22.5 Å². The highest BCUT2D eigenvalue weighted by Crippen LogP contribution is 2.37. The minimum atomic E-state index is -0.678. The lowest BCUT2D eigenvalue weighted by Crippen LogP contribution is -2.48. The molecule has 1 heterocycles. The molecule has 1 aliphatic rings. The van der Waals surface area contributed by atoms with Crippen LogP contribution in [0.2, 0.25) is 5.02 Å². The number of amides is 1. The van der Waals surface area contributed by atoms with E-state index in [1.807, 2.05) is 0 Å². The summed E-state index contributed by atoms with van der Waals surface area (Å²) in [6, 6.07) is 7.70. The van der Waals surface area contributed by atoms with Gasteiger partial charge in [0.15, 0.2) is 0 Å². The van der Waals surface area contributed by atoms with Crippen LogP contribution in [0.15, 0.2) is 36.4 Å². The van der Waals surface area contributed by atoms with Crippen LogP contribution in [0, 0.1) is 11.6 Å². The summed E-state index contributed by atoms with van der Waals surface area (Å²) in [7, 11) is 0. The van der Waals surface area contributed by atoms with Crippen LogP contribution in [0.4, 0.5) is 8.78 Å². The van der Waals surface area contributed by atoms with Crippen molar-refractivity contribution in [2.75, 3.05) is 6.61 Å². The first-order chi connectivity index (χ1) is 12.4. The van der Waals surface area contributed by atoms with Gasteiger partial charge >= 0.3 is 0 Å². The molecule has 1 N–H and O–H groups in total.